The summed E-state index contributed by atoms with van der Waals surface area (Å²) in [5, 5.41) is 0. The van der Waals surface area contributed by atoms with Gasteiger partial charge in [-0.25, -0.2) is 9.78 Å². The zero-order chi connectivity index (χ0) is 19.7. The molecule has 1 N–H and O–H groups in total. The summed E-state index contributed by atoms with van der Waals surface area (Å²) in [5.41, 5.74) is 0.235. The molecule has 0 aliphatic carbocycles. The third-order valence-electron chi connectivity index (χ3n) is 5.20. The predicted octanol–water partition coefficient (Wildman–Crippen LogP) is -0.665. The summed E-state index contributed by atoms with van der Waals surface area (Å²) in [6.45, 7) is 7.85. The fourth-order valence-electron chi connectivity index (χ4n) is 3.49. The van der Waals surface area contributed by atoms with Crippen molar-refractivity contribution in [1.82, 2.24) is 19.5 Å². The second kappa shape index (κ2) is 7.63. The number of aryl methyl sites for hydroxylation is 1. The van der Waals surface area contributed by atoms with E-state index in [1.807, 2.05) is 17.9 Å². The summed E-state index contributed by atoms with van der Waals surface area (Å²) in [5.74, 6) is 2.23. The fraction of sp³-hybridized carbons (Fsp3) is 0.556. The lowest BCUT2D eigenvalue weighted by Crippen LogP contribution is -2.48. The van der Waals surface area contributed by atoms with Crippen LogP contribution in [0, 0.1) is 6.92 Å². The fourth-order valence-corrected chi connectivity index (χ4v) is 3.49. The molecule has 2 aliphatic heterocycles. The van der Waals surface area contributed by atoms with Crippen LogP contribution in [0.4, 0.5) is 17.6 Å². The third kappa shape index (κ3) is 3.72. The molecule has 0 unspecified atom stereocenters. The number of aromatic nitrogens is 4. The number of hydrogen-bond acceptors (Lipinski definition) is 8. The highest BCUT2D eigenvalue weighted by atomic mass is 16.5. The van der Waals surface area contributed by atoms with Crippen molar-refractivity contribution in [1.29, 1.82) is 0 Å². The number of nitrogens with one attached hydrogen (secondary N) is 1. The van der Waals surface area contributed by atoms with Crippen molar-refractivity contribution in [3.63, 3.8) is 0 Å². The van der Waals surface area contributed by atoms with E-state index in [0.717, 1.165) is 48.2 Å². The van der Waals surface area contributed by atoms with Crippen LogP contribution in [0.25, 0.3) is 0 Å². The molecular formula is C18H25N7O3. The molecule has 0 saturated carbocycles. The maximum Gasteiger partial charge on any atom is 0.329 e. The van der Waals surface area contributed by atoms with Crippen molar-refractivity contribution in [2.24, 2.45) is 7.05 Å². The van der Waals surface area contributed by atoms with Gasteiger partial charge in [-0.1, -0.05) is 0 Å². The van der Waals surface area contributed by atoms with Crippen molar-refractivity contribution in [2.75, 3.05) is 67.2 Å². The molecule has 0 bridgehead atoms. The van der Waals surface area contributed by atoms with Crippen LogP contribution in [0.15, 0.2) is 21.7 Å². The van der Waals surface area contributed by atoms with Gasteiger partial charge < -0.3 is 19.4 Å². The number of morpholine rings is 1. The Morgan fingerprint density at radius 2 is 1.61 bits per heavy atom. The van der Waals surface area contributed by atoms with Crippen LogP contribution >= 0.6 is 0 Å². The molecule has 0 aromatic carbocycles. The number of aromatic amines is 1. The van der Waals surface area contributed by atoms with Gasteiger partial charge in [0.15, 0.2) is 0 Å². The van der Waals surface area contributed by atoms with Gasteiger partial charge in [0.05, 0.1) is 13.2 Å². The molecule has 0 amide bonds. The van der Waals surface area contributed by atoms with Crippen molar-refractivity contribution in [3.8, 4) is 0 Å². The Morgan fingerprint density at radius 1 is 0.929 bits per heavy atom. The molecule has 0 radical (unpaired) electrons. The van der Waals surface area contributed by atoms with E-state index in [9.17, 15) is 9.59 Å². The smallest absolute Gasteiger partial charge is 0.329 e. The summed E-state index contributed by atoms with van der Waals surface area (Å²) in [6, 6.07) is 3.47. The van der Waals surface area contributed by atoms with E-state index >= 15 is 0 Å². The highest BCUT2D eigenvalue weighted by Gasteiger charge is 2.22. The van der Waals surface area contributed by atoms with E-state index in [1.165, 1.54) is 13.1 Å². The summed E-state index contributed by atoms with van der Waals surface area (Å²) in [7, 11) is 1.46. The Morgan fingerprint density at radius 3 is 2.29 bits per heavy atom. The minimum absolute atomic E-state index is 0.303. The molecule has 28 heavy (non-hydrogen) atoms. The lowest BCUT2D eigenvalue weighted by Gasteiger charge is -2.36. The van der Waals surface area contributed by atoms with Gasteiger partial charge in [-0.2, -0.15) is 4.98 Å². The molecular weight excluding hydrogens is 362 g/mol. The highest BCUT2D eigenvalue weighted by molar-refractivity contribution is 5.48. The molecule has 10 nitrogen and oxygen atoms in total. The summed E-state index contributed by atoms with van der Waals surface area (Å²) >= 11 is 0. The van der Waals surface area contributed by atoms with Gasteiger partial charge in [0, 0.05) is 64.1 Å². The van der Waals surface area contributed by atoms with Gasteiger partial charge in [-0.15, -0.1) is 0 Å². The topological polar surface area (TPSA) is 99.6 Å². The molecule has 2 aromatic rings. The normalized spacial score (nSPS) is 17.9. The number of nitrogens with zero attached hydrogens (tertiary/aromatic N) is 6. The van der Waals surface area contributed by atoms with Crippen molar-refractivity contribution >= 4 is 17.6 Å². The number of piperazine rings is 1. The first-order valence-corrected chi connectivity index (χ1v) is 9.50. The largest absolute Gasteiger partial charge is 0.378 e. The first-order chi connectivity index (χ1) is 13.5. The maximum absolute atomic E-state index is 11.9. The van der Waals surface area contributed by atoms with E-state index in [4.69, 9.17) is 9.72 Å². The summed E-state index contributed by atoms with van der Waals surface area (Å²) in [6.07, 6.45) is 0. The zero-order valence-electron chi connectivity index (χ0n) is 16.2. The molecule has 4 heterocycles. The standard InChI is InChI=1S/C18H25N7O3/c1-13-11-14(20-17(19-13)25-7-9-28-10-8-25)23-3-5-24(6-4-23)15-12-16(26)22(2)18(27)21-15/h11-12H,3-10H2,1-2H3,(H,21,27). The average Bonchev–Trinajstić information content (AvgIpc) is 2.72. The molecule has 2 aromatic heterocycles. The number of ether oxygens (including phenoxy) is 1. The van der Waals surface area contributed by atoms with Gasteiger partial charge in [0.1, 0.15) is 11.6 Å². The molecule has 2 saturated heterocycles. The summed E-state index contributed by atoms with van der Waals surface area (Å²) < 4.78 is 6.48. The third-order valence-corrected chi connectivity index (χ3v) is 5.20. The minimum Gasteiger partial charge on any atom is -0.378 e. The Kier molecular flexibility index (Phi) is 5.03. The Hall–Kier alpha value is -2.88. The number of anilines is 3. The minimum atomic E-state index is -0.397. The van der Waals surface area contributed by atoms with Crippen LogP contribution in [0.2, 0.25) is 0 Å². The van der Waals surface area contributed by atoms with Gasteiger partial charge >= 0.3 is 5.69 Å². The first-order valence-electron chi connectivity index (χ1n) is 9.50. The van der Waals surface area contributed by atoms with Crippen LogP contribution in [0.1, 0.15) is 5.69 Å². The lowest BCUT2D eigenvalue weighted by atomic mass is 10.3. The molecule has 4 rings (SSSR count). The lowest BCUT2D eigenvalue weighted by molar-refractivity contribution is 0.122. The molecule has 0 atom stereocenters. The van der Waals surface area contributed by atoms with E-state index in [-0.39, 0.29) is 5.56 Å². The van der Waals surface area contributed by atoms with E-state index in [0.29, 0.717) is 32.1 Å². The van der Waals surface area contributed by atoms with Crippen LogP contribution in [-0.4, -0.2) is 72.0 Å². The van der Waals surface area contributed by atoms with Gasteiger partial charge in [0.25, 0.3) is 5.56 Å². The zero-order valence-corrected chi connectivity index (χ0v) is 16.2. The average molecular weight is 387 g/mol. The van der Waals surface area contributed by atoms with Crippen LogP contribution < -0.4 is 25.9 Å². The summed E-state index contributed by atoms with van der Waals surface area (Å²) in [4.78, 5) is 42.3. The van der Waals surface area contributed by atoms with Crippen LogP contribution in [-0.2, 0) is 11.8 Å². The number of H-pyrrole nitrogens is 1. The molecule has 2 aliphatic rings. The molecule has 2 fully saturated rings. The van der Waals surface area contributed by atoms with Crippen LogP contribution in [0.3, 0.4) is 0 Å². The quantitative estimate of drug-likeness (QED) is 0.741. The van der Waals surface area contributed by atoms with Crippen molar-refractivity contribution in [2.45, 2.75) is 6.92 Å². The Bertz CT molecular complexity index is 925. The van der Waals surface area contributed by atoms with E-state index < -0.39 is 5.69 Å². The molecule has 10 heteroatoms. The number of hydrogen-bond donors (Lipinski definition) is 1. The first kappa shape index (κ1) is 18.5. The van der Waals surface area contributed by atoms with E-state index in [2.05, 4.69) is 19.8 Å². The van der Waals surface area contributed by atoms with Crippen molar-refractivity contribution in [3.05, 3.63) is 38.7 Å². The Labute approximate surface area is 162 Å². The second-order valence-electron chi connectivity index (χ2n) is 7.10. The van der Waals surface area contributed by atoms with E-state index in [1.54, 1.807) is 0 Å². The number of rotatable bonds is 3. The predicted molar refractivity (Wildman–Crippen MR) is 107 cm³/mol. The monoisotopic (exact) mass is 387 g/mol. The highest BCUT2D eigenvalue weighted by Crippen LogP contribution is 2.20. The van der Waals surface area contributed by atoms with Crippen molar-refractivity contribution < 1.29 is 4.74 Å². The SMILES string of the molecule is Cc1cc(N2CCN(c3cc(=O)n(C)c(=O)[nH]3)CC2)nc(N2CCOCC2)n1. The van der Waals surface area contributed by atoms with Crippen LogP contribution in [0.5, 0.6) is 0 Å². The van der Waals surface area contributed by atoms with Gasteiger partial charge in [-0.05, 0) is 6.92 Å². The molecule has 0 spiro atoms. The molecule has 150 valence electrons. The Balaban J connectivity index is 1.48. The maximum atomic E-state index is 11.9. The second-order valence-corrected chi connectivity index (χ2v) is 7.10. The van der Waals surface area contributed by atoms with Gasteiger partial charge in [-0.3, -0.25) is 14.3 Å². The van der Waals surface area contributed by atoms with Gasteiger partial charge in [0.2, 0.25) is 5.95 Å².